The number of hydrogen-bond donors (Lipinski definition) is 2. The van der Waals surface area contributed by atoms with Crippen molar-refractivity contribution in [2.45, 2.75) is 43.5 Å². The Morgan fingerprint density at radius 1 is 1.20 bits per heavy atom. The highest BCUT2D eigenvalue weighted by Crippen LogP contribution is 2.37. The predicted molar refractivity (Wildman–Crippen MR) is 130 cm³/mol. The van der Waals surface area contributed by atoms with Crippen LogP contribution in [-0.2, 0) is 29.1 Å². The van der Waals surface area contributed by atoms with Crippen molar-refractivity contribution >= 4 is 38.9 Å². The Morgan fingerprint density at radius 3 is 2.51 bits per heavy atom. The molecule has 0 aromatic heterocycles. The van der Waals surface area contributed by atoms with E-state index < -0.39 is 27.5 Å². The number of carbonyl (C=O) groups excluding carboxylic acids is 1. The molecular weight excluding hydrogens is 526 g/mol. The highest BCUT2D eigenvalue weighted by Gasteiger charge is 2.36. The zero-order valence-corrected chi connectivity index (χ0v) is 21.5. The van der Waals surface area contributed by atoms with Gasteiger partial charge in [-0.05, 0) is 54.9 Å². The minimum Gasteiger partial charge on any atom is -0.348 e. The number of likely N-dealkylation sites (N-methyl/N-ethyl adjacent to an activating group) is 1. The minimum atomic E-state index is -4.72. The summed E-state index contributed by atoms with van der Waals surface area (Å²) < 4.78 is 66.4. The van der Waals surface area contributed by atoms with E-state index in [4.69, 9.17) is 23.2 Å². The van der Waals surface area contributed by atoms with Gasteiger partial charge in [0.2, 0.25) is 0 Å². The topological polar surface area (TPSA) is 78.5 Å². The highest BCUT2D eigenvalue weighted by molar-refractivity contribution is 7.91. The molecule has 0 radical (unpaired) electrons. The van der Waals surface area contributed by atoms with Crippen LogP contribution in [0.25, 0.3) is 0 Å². The molecule has 1 heterocycles. The first-order chi connectivity index (χ1) is 16.4. The third-order valence-corrected chi connectivity index (χ3v) is 8.40. The molecule has 2 aromatic rings. The Bertz CT molecular complexity index is 1210. The zero-order chi connectivity index (χ0) is 26.0. The first kappa shape index (κ1) is 27.7. The largest absolute Gasteiger partial charge is 0.416 e. The summed E-state index contributed by atoms with van der Waals surface area (Å²) in [6, 6.07) is 6.34. The summed E-state index contributed by atoms with van der Waals surface area (Å²) in [4.78, 5) is 14.6. The Hall–Kier alpha value is -1.85. The number of alkyl halides is 3. The van der Waals surface area contributed by atoms with E-state index in [1.807, 2.05) is 4.90 Å². The van der Waals surface area contributed by atoms with Gasteiger partial charge in [0.25, 0.3) is 5.91 Å². The normalized spacial score (nSPS) is 17.1. The summed E-state index contributed by atoms with van der Waals surface area (Å²) in [6.45, 7) is 2.47. The van der Waals surface area contributed by atoms with E-state index in [0.29, 0.717) is 13.1 Å². The van der Waals surface area contributed by atoms with Gasteiger partial charge < -0.3 is 10.6 Å². The van der Waals surface area contributed by atoms with Crippen molar-refractivity contribution in [1.82, 2.24) is 15.5 Å². The SMILES string of the molecule is CCS(=O)(=O)c1ccc(Cl)cc1CNC(=O)c1cc(Cl)c(CN2CC[C@@H](NC)C2)c(C(F)(F)F)c1. The number of amides is 1. The number of benzene rings is 2. The summed E-state index contributed by atoms with van der Waals surface area (Å²) >= 11 is 12.2. The smallest absolute Gasteiger partial charge is 0.348 e. The van der Waals surface area contributed by atoms with Gasteiger partial charge in [-0.2, -0.15) is 13.2 Å². The molecule has 12 heteroatoms. The van der Waals surface area contributed by atoms with E-state index in [-0.39, 0.29) is 56.5 Å². The van der Waals surface area contributed by atoms with E-state index >= 15 is 0 Å². The average molecular weight is 552 g/mol. The van der Waals surface area contributed by atoms with Crippen LogP contribution in [0.15, 0.2) is 35.2 Å². The van der Waals surface area contributed by atoms with Crippen LogP contribution in [0, 0.1) is 0 Å². The first-order valence-electron chi connectivity index (χ1n) is 10.9. The molecule has 0 bridgehead atoms. The van der Waals surface area contributed by atoms with E-state index in [9.17, 15) is 26.4 Å². The number of nitrogens with zero attached hydrogens (tertiary/aromatic N) is 1. The van der Waals surface area contributed by atoms with Crippen LogP contribution >= 0.6 is 23.2 Å². The van der Waals surface area contributed by atoms with Crippen molar-refractivity contribution in [3.63, 3.8) is 0 Å². The van der Waals surface area contributed by atoms with E-state index in [0.717, 1.165) is 12.5 Å². The summed E-state index contributed by atoms with van der Waals surface area (Å²) in [6.07, 6.45) is -3.90. The van der Waals surface area contributed by atoms with E-state index in [1.165, 1.54) is 31.2 Å². The minimum absolute atomic E-state index is 0.000419. The number of halogens is 5. The van der Waals surface area contributed by atoms with Gasteiger partial charge >= 0.3 is 6.18 Å². The third kappa shape index (κ3) is 6.68. The number of nitrogens with one attached hydrogen (secondary N) is 2. The quantitative estimate of drug-likeness (QED) is 0.504. The molecule has 35 heavy (non-hydrogen) atoms. The molecule has 1 amide bonds. The molecule has 0 unspecified atom stereocenters. The van der Waals surface area contributed by atoms with Crippen LogP contribution in [0.2, 0.25) is 10.0 Å². The molecule has 2 aromatic carbocycles. The lowest BCUT2D eigenvalue weighted by molar-refractivity contribution is -0.138. The van der Waals surface area contributed by atoms with Crippen molar-refractivity contribution in [3.05, 3.63) is 62.6 Å². The molecule has 0 spiro atoms. The summed E-state index contributed by atoms with van der Waals surface area (Å²) in [7, 11) is -1.80. The van der Waals surface area contributed by atoms with Gasteiger partial charge in [-0.15, -0.1) is 0 Å². The monoisotopic (exact) mass is 551 g/mol. The fraction of sp³-hybridized carbons (Fsp3) is 0.435. The third-order valence-electron chi connectivity index (χ3n) is 6.00. The number of hydrogen-bond acceptors (Lipinski definition) is 5. The fourth-order valence-corrected chi connectivity index (χ4v) is 5.63. The van der Waals surface area contributed by atoms with Crippen molar-refractivity contribution in [3.8, 4) is 0 Å². The first-order valence-corrected chi connectivity index (χ1v) is 13.3. The molecule has 3 rings (SSSR count). The maximum atomic E-state index is 13.9. The molecule has 2 N–H and O–H groups in total. The zero-order valence-electron chi connectivity index (χ0n) is 19.2. The van der Waals surface area contributed by atoms with Crippen molar-refractivity contribution in [2.24, 2.45) is 0 Å². The lowest BCUT2D eigenvalue weighted by Crippen LogP contribution is -2.30. The van der Waals surface area contributed by atoms with Crippen LogP contribution in [0.3, 0.4) is 0 Å². The second kappa shape index (κ2) is 11.0. The molecule has 1 atom stereocenters. The lowest BCUT2D eigenvalue weighted by atomic mass is 10.0. The molecule has 0 aliphatic carbocycles. The Morgan fingerprint density at radius 2 is 1.91 bits per heavy atom. The van der Waals surface area contributed by atoms with Crippen LogP contribution < -0.4 is 10.6 Å². The Kier molecular flexibility index (Phi) is 8.75. The summed E-state index contributed by atoms with van der Waals surface area (Å²) in [5, 5.41) is 5.70. The lowest BCUT2D eigenvalue weighted by Gasteiger charge is -2.21. The number of sulfone groups is 1. The number of likely N-dealkylation sites (tertiary alicyclic amines) is 1. The van der Waals surface area contributed by atoms with Gasteiger partial charge in [0.1, 0.15) is 0 Å². The van der Waals surface area contributed by atoms with Gasteiger partial charge in [-0.25, -0.2) is 8.42 Å². The van der Waals surface area contributed by atoms with Crippen LogP contribution in [0.4, 0.5) is 13.2 Å². The maximum Gasteiger partial charge on any atom is 0.416 e. The molecule has 0 saturated carbocycles. The van der Waals surface area contributed by atoms with Crippen LogP contribution in [-0.4, -0.2) is 51.2 Å². The van der Waals surface area contributed by atoms with Crippen LogP contribution in [0.1, 0.15) is 40.4 Å². The van der Waals surface area contributed by atoms with Gasteiger partial charge in [-0.1, -0.05) is 30.1 Å². The van der Waals surface area contributed by atoms with E-state index in [1.54, 1.807) is 7.05 Å². The van der Waals surface area contributed by atoms with Gasteiger partial charge in [0, 0.05) is 47.8 Å². The molecule has 1 aliphatic rings. The maximum absolute atomic E-state index is 13.9. The Labute approximate surface area is 212 Å². The second-order valence-corrected chi connectivity index (χ2v) is 11.4. The molecule has 1 saturated heterocycles. The molecule has 1 fully saturated rings. The van der Waals surface area contributed by atoms with Gasteiger partial charge in [-0.3, -0.25) is 9.69 Å². The predicted octanol–water partition coefficient (Wildman–Crippen LogP) is 4.53. The van der Waals surface area contributed by atoms with Gasteiger partial charge in [0.05, 0.1) is 16.2 Å². The van der Waals surface area contributed by atoms with Crippen molar-refractivity contribution in [2.75, 3.05) is 25.9 Å². The molecule has 6 nitrogen and oxygen atoms in total. The van der Waals surface area contributed by atoms with Crippen LogP contribution in [0.5, 0.6) is 0 Å². The van der Waals surface area contributed by atoms with Crippen molar-refractivity contribution < 1.29 is 26.4 Å². The summed E-state index contributed by atoms with van der Waals surface area (Å²) in [5.74, 6) is -0.978. The Balaban J connectivity index is 1.86. The molecular formula is C23H26Cl2F3N3O3S. The van der Waals surface area contributed by atoms with Gasteiger partial charge in [0.15, 0.2) is 9.84 Å². The van der Waals surface area contributed by atoms with E-state index in [2.05, 4.69) is 10.6 Å². The average Bonchev–Trinajstić information content (AvgIpc) is 3.25. The molecule has 192 valence electrons. The number of carbonyl (C=O) groups is 1. The number of rotatable bonds is 8. The second-order valence-electron chi connectivity index (χ2n) is 8.33. The fourth-order valence-electron chi connectivity index (χ4n) is 4.04. The standard InChI is InChI=1S/C23H26Cl2F3N3O3S/c1-3-35(33,34)21-5-4-16(24)8-15(21)11-30-22(32)14-9-19(23(26,27)28)18(20(25)10-14)13-31-7-6-17(12-31)29-2/h4-5,8-10,17,29H,3,6-7,11-13H2,1-2H3,(H,30,32)/t17-/m1/s1. The summed E-state index contributed by atoms with van der Waals surface area (Å²) in [5.41, 5.74) is -1.10. The highest BCUT2D eigenvalue weighted by atomic mass is 35.5. The van der Waals surface area contributed by atoms with Crippen molar-refractivity contribution in [1.29, 1.82) is 0 Å². The molecule has 1 aliphatic heterocycles.